The number of nitrogens with two attached hydrogens (primary N) is 1. The van der Waals surface area contributed by atoms with Gasteiger partial charge in [0.25, 0.3) is 0 Å². The van der Waals surface area contributed by atoms with Crippen molar-refractivity contribution < 1.29 is 9.53 Å². The van der Waals surface area contributed by atoms with Crippen LogP contribution in [0.2, 0.25) is 5.02 Å². The lowest BCUT2D eigenvalue weighted by atomic mass is 10.1. The molecule has 0 saturated heterocycles. The molecule has 3 N–H and O–H groups in total. The second-order valence-corrected chi connectivity index (χ2v) is 6.90. The fourth-order valence-corrected chi connectivity index (χ4v) is 3.05. The zero-order valence-electron chi connectivity index (χ0n) is 16.0. The molecule has 0 atom stereocenters. The molecule has 150 valence electrons. The normalized spacial score (nSPS) is 10.7. The highest BCUT2D eigenvalue weighted by Gasteiger charge is 2.15. The summed E-state index contributed by atoms with van der Waals surface area (Å²) in [7, 11) is 0. The smallest absolute Gasteiger partial charge is 0.340 e. The Kier molecular flexibility index (Phi) is 5.40. The van der Waals surface area contributed by atoms with Crippen molar-refractivity contribution in [2.45, 2.75) is 13.5 Å². The lowest BCUT2D eigenvalue weighted by Crippen LogP contribution is -2.12. The maximum atomic E-state index is 12.6. The Morgan fingerprint density at radius 2 is 1.87 bits per heavy atom. The lowest BCUT2D eigenvalue weighted by molar-refractivity contribution is 0.0461. The number of nitrogens with one attached hydrogen (secondary N) is 1. The Hall–Kier alpha value is -3.78. The molecular weight excluding hydrogens is 404 g/mol. The van der Waals surface area contributed by atoms with E-state index in [-0.39, 0.29) is 24.3 Å². The fourth-order valence-electron chi connectivity index (χ4n) is 2.87. The molecule has 0 radical (unpaired) electrons. The number of carbonyl (C=O) groups excluding carboxylic acids is 1. The number of fused-ring (bicyclic) bond motifs is 1. The van der Waals surface area contributed by atoms with Gasteiger partial charge >= 0.3 is 5.97 Å². The van der Waals surface area contributed by atoms with E-state index in [9.17, 15) is 4.79 Å². The Balaban J connectivity index is 1.51. The van der Waals surface area contributed by atoms with Crippen molar-refractivity contribution >= 4 is 46.1 Å². The third-order valence-corrected chi connectivity index (χ3v) is 4.48. The summed E-state index contributed by atoms with van der Waals surface area (Å²) in [5, 5.41) is 4.34. The average molecular weight is 421 g/mol. The topological polar surface area (TPSA) is 116 Å². The van der Waals surface area contributed by atoms with Gasteiger partial charge in [0, 0.05) is 16.1 Å². The molecule has 0 aliphatic rings. The molecule has 0 aliphatic heterocycles. The molecule has 0 fully saturated rings. The highest BCUT2D eigenvalue weighted by atomic mass is 35.5. The Bertz CT molecular complexity index is 1230. The van der Waals surface area contributed by atoms with E-state index in [0.717, 1.165) is 16.6 Å². The van der Waals surface area contributed by atoms with Crippen LogP contribution in [0.25, 0.3) is 10.9 Å². The van der Waals surface area contributed by atoms with E-state index in [1.165, 1.54) is 0 Å². The monoisotopic (exact) mass is 420 g/mol. The summed E-state index contributed by atoms with van der Waals surface area (Å²) in [5.41, 5.74) is 8.20. The number of esters is 1. The highest BCUT2D eigenvalue weighted by Crippen LogP contribution is 2.21. The van der Waals surface area contributed by atoms with Gasteiger partial charge in [-0.1, -0.05) is 29.8 Å². The molecule has 0 unspecified atom stereocenters. The molecule has 2 aromatic carbocycles. The Labute approximate surface area is 177 Å². The number of aryl methyl sites for hydroxylation is 1. The number of nitrogens with zero attached hydrogens (tertiary/aromatic N) is 4. The molecule has 8 nitrogen and oxygen atoms in total. The van der Waals surface area contributed by atoms with Crippen molar-refractivity contribution in [1.29, 1.82) is 0 Å². The molecule has 0 aliphatic carbocycles. The maximum absolute atomic E-state index is 12.6. The van der Waals surface area contributed by atoms with Crippen molar-refractivity contribution in [2.24, 2.45) is 0 Å². The minimum atomic E-state index is -0.543. The number of pyridine rings is 1. The minimum absolute atomic E-state index is 0.0210. The van der Waals surface area contributed by atoms with Crippen LogP contribution in [0, 0.1) is 6.92 Å². The van der Waals surface area contributed by atoms with Crippen LogP contribution in [-0.2, 0) is 11.3 Å². The zero-order valence-corrected chi connectivity index (χ0v) is 16.7. The van der Waals surface area contributed by atoms with E-state index in [0.29, 0.717) is 16.3 Å². The number of nitrogen functional groups attached to an aromatic ring is 1. The van der Waals surface area contributed by atoms with Gasteiger partial charge in [-0.3, -0.25) is 4.98 Å². The third-order valence-electron chi connectivity index (χ3n) is 4.25. The van der Waals surface area contributed by atoms with Gasteiger partial charge in [0.05, 0.1) is 16.8 Å². The molecule has 9 heteroatoms. The van der Waals surface area contributed by atoms with Gasteiger partial charge in [-0.15, -0.1) is 0 Å². The number of hydrogen-bond acceptors (Lipinski definition) is 8. The van der Waals surface area contributed by atoms with Crippen molar-refractivity contribution in [3.8, 4) is 0 Å². The van der Waals surface area contributed by atoms with Gasteiger partial charge in [0.2, 0.25) is 11.9 Å². The van der Waals surface area contributed by atoms with Crippen molar-refractivity contribution in [1.82, 2.24) is 19.9 Å². The van der Waals surface area contributed by atoms with Gasteiger partial charge in [-0.2, -0.15) is 15.0 Å². The lowest BCUT2D eigenvalue weighted by Gasteiger charge is -2.09. The van der Waals surface area contributed by atoms with E-state index in [1.807, 2.05) is 30.3 Å². The van der Waals surface area contributed by atoms with Crippen LogP contribution in [-0.4, -0.2) is 25.9 Å². The molecule has 2 aromatic heterocycles. The van der Waals surface area contributed by atoms with Gasteiger partial charge in [-0.25, -0.2) is 4.79 Å². The highest BCUT2D eigenvalue weighted by molar-refractivity contribution is 6.31. The molecular formula is C21H17ClN6O2. The predicted octanol–water partition coefficient (Wildman–Crippen LogP) is 4.06. The molecule has 4 aromatic rings. The first-order chi connectivity index (χ1) is 14.5. The standard InChI is InChI=1S/C21H17ClN6O2/c1-12-16(10-13-9-14(22)7-8-17(13)24-12)19(29)30-11-18-26-20(23)28-21(27-18)25-15-5-3-2-4-6-15/h2-10H,11H2,1H3,(H3,23,25,26,27,28). The van der Waals surface area contributed by atoms with Crippen LogP contribution in [0.15, 0.2) is 54.6 Å². The van der Waals surface area contributed by atoms with Crippen LogP contribution in [0.3, 0.4) is 0 Å². The SMILES string of the molecule is Cc1nc2ccc(Cl)cc2cc1C(=O)OCc1nc(N)nc(Nc2ccccc2)n1. The molecule has 2 heterocycles. The first-order valence-corrected chi connectivity index (χ1v) is 9.42. The predicted molar refractivity (Wildman–Crippen MR) is 115 cm³/mol. The number of aromatic nitrogens is 4. The third kappa shape index (κ3) is 4.44. The van der Waals surface area contributed by atoms with E-state index in [2.05, 4.69) is 25.3 Å². The molecule has 0 saturated carbocycles. The van der Waals surface area contributed by atoms with Crippen molar-refractivity contribution in [3.05, 3.63) is 76.7 Å². The van der Waals surface area contributed by atoms with Gasteiger partial charge in [0.1, 0.15) is 0 Å². The summed E-state index contributed by atoms with van der Waals surface area (Å²) in [4.78, 5) is 29.4. The van der Waals surface area contributed by atoms with Gasteiger partial charge in [-0.05, 0) is 43.3 Å². The average Bonchev–Trinajstić information content (AvgIpc) is 2.72. The molecule has 0 spiro atoms. The van der Waals surface area contributed by atoms with Gasteiger partial charge < -0.3 is 15.8 Å². The van der Waals surface area contributed by atoms with E-state index in [4.69, 9.17) is 22.1 Å². The molecule has 0 bridgehead atoms. The molecule has 30 heavy (non-hydrogen) atoms. The summed E-state index contributed by atoms with van der Waals surface area (Å²) >= 11 is 6.04. The zero-order chi connectivity index (χ0) is 21.1. The summed E-state index contributed by atoms with van der Waals surface area (Å²) in [6.07, 6.45) is 0. The van der Waals surface area contributed by atoms with Crippen LogP contribution >= 0.6 is 11.6 Å². The number of ether oxygens (including phenoxy) is 1. The quantitative estimate of drug-likeness (QED) is 0.464. The summed E-state index contributed by atoms with van der Waals surface area (Å²) in [5.74, 6) is -0.0345. The van der Waals surface area contributed by atoms with Crippen LogP contribution in [0.4, 0.5) is 17.6 Å². The Morgan fingerprint density at radius 3 is 2.67 bits per heavy atom. The first kappa shape index (κ1) is 19.5. The number of carbonyl (C=O) groups is 1. The first-order valence-electron chi connectivity index (χ1n) is 9.04. The van der Waals surface area contributed by atoms with Crippen LogP contribution < -0.4 is 11.1 Å². The minimum Gasteiger partial charge on any atom is -0.454 e. The number of rotatable bonds is 5. The van der Waals surface area contributed by atoms with Crippen molar-refractivity contribution in [2.75, 3.05) is 11.1 Å². The number of halogens is 1. The maximum Gasteiger partial charge on any atom is 0.340 e. The summed E-state index contributed by atoms with van der Waals surface area (Å²) in [6.45, 7) is 1.58. The second kappa shape index (κ2) is 8.30. The van der Waals surface area contributed by atoms with Crippen LogP contribution in [0.5, 0.6) is 0 Å². The van der Waals surface area contributed by atoms with E-state index in [1.54, 1.807) is 31.2 Å². The second-order valence-electron chi connectivity index (χ2n) is 6.46. The number of hydrogen-bond donors (Lipinski definition) is 2. The Morgan fingerprint density at radius 1 is 1.07 bits per heavy atom. The molecule has 0 amide bonds. The van der Waals surface area contributed by atoms with Crippen LogP contribution in [0.1, 0.15) is 21.9 Å². The molecule has 4 rings (SSSR count). The summed E-state index contributed by atoms with van der Waals surface area (Å²) in [6, 6.07) is 16.4. The number of benzene rings is 2. The number of anilines is 3. The number of para-hydroxylation sites is 1. The van der Waals surface area contributed by atoms with E-state index >= 15 is 0 Å². The summed E-state index contributed by atoms with van der Waals surface area (Å²) < 4.78 is 5.39. The van der Waals surface area contributed by atoms with E-state index < -0.39 is 5.97 Å². The largest absolute Gasteiger partial charge is 0.454 e. The van der Waals surface area contributed by atoms with Gasteiger partial charge in [0.15, 0.2) is 12.4 Å². The fraction of sp³-hybridized carbons (Fsp3) is 0.0952. The van der Waals surface area contributed by atoms with Crippen molar-refractivity contribution in [3.63, 3.8) is 0 Å².